The molecule has 0 radical (unpaired) electrons. The van der Waals surface area contributed by atoms with Gasteiger partial charge in [0.2, 0.25) is 0 Å². The van der Waals surface area contributed by atoms with Crippen molar-refractivity contribution in [3.05, 3.63) is 0 Å². The first-order valence-corrected chi connectivity index (χ1v) is 5.61. The fourth-order valence-corrected chi connectivity index (χ4v) is 2.02. The number of carbonyl (C=O) groups is 1. The van der Waals surface area contributed by atoms with E-state index in [0.717, 1.165) is 13.1 Å². The summed E-state index contributed by atoms with van der Waals surface area (Å²) in [5.41, 5.74) is 0. The van der Waals surface area contributed by atoms with Crippen molar-refractivity contribution in [2.45, 2.75) is 13.0 Å². The predicted molar refractivity (Wildman–Crippen MR) is 56.7 cm³/mol. The Labute approximate surface area is 90.1 Å². The lowest BCUT2D eigenvalue weighted by Gasteiger charge is -2.29. The highest BCUT2D eigenvalue weighted by molar-refractivity contribution is 5.74. The molecule has 2 rings (SSSR count). The fourth-order valence-electron chi connectivity index (χ4n) is 2.02. The maximum Gasteiger partial charge on any atom is 0.317 e. The Hall–Kier alpha value is -0.810. The van der Waals surface area contributed by atoms with E-state index in [0.29, 0.717) is 32.2 Å². The molecule has 2 heterocycles. The van der Waals surface area contributed by atoms with Gasteiger partial charge in [-0.25, -0.2) is 4.79 Å². The molecular formula is C10H19N3O2. The summed E-state index contributed by atoms with van der Waals surface area (Å²) in [6.07, 6.45) is 0. The number of nitrogens with one attached hydrogen (secondary N) is 2. The van der Waals surface area contributed by atoms with Gasteiger partial charge in [0.15, 0.2) is 0 Å². The van der Waals surface area contributed by atoms with Crippen molar-refractivity contribution in [3.8, 4) is 0 Å². The van der Waals surface area contributed by atoms with Gasteiger partial charge in [-0.15, -0.1) is 0 Å². The van der Waals surface area contributed by atoms with Gasteiger partial charge in [0, 0.05) is 25.7 Å². The van der Waals surface area contributed by atoms with Gasteiger partial charge >= 0.3 is 6.03 Å². The molecule has 5 nitrogen and oxygen atoms in total. The molecule has 2 aliphatic heterocycles. The third-order valence-electron chi connectivity index (χ3n) is 3.12. The summed E-state index contributed by atoms with van der Waals surface area (Å²) in [5, 5.41) is 6.34. The summed E-state index contributed by atoms with van der Waals surface area (Å²) in [6, 6.07) is 0.333. The average molecular weight is 213 g/mol. The highest BCUT2D eigenvalue weighted by Gasteiger charge is 2.26. The summed E-state index contributed by atoms with van der Waals surface area (Å²) in [6.45, 7) is 6.77. The van der Waals surface area contributed by atoms with E-state index in [-0.39, 0.29) is 12.1 Å². The summed E-state index contributed by atoms with van der Waals surface area (Å²) in [5.74, 6) is 0.523. The predicted octanol–water partition coefficient (Wildman–Crippen LogP) is -0.364. The molecule has 0 saturated carbocycles. The molecule has 5 heteroatoms. The number of hydrogen-bond acceptors (Lipinski definition) is 3. The van der Waals surface area contributed by atoms with E-state index in [1.807, 2.05) is 4.90 Å². The zero-order valence-electron chi connectivity index (χ0n) is 9.16. The smallest absolute Gasteiger partial charge is 0.317 e. The van der Waals surface area contributed by atoms with Crippen LogP contribution in [0.1, 0.15) is 6.92 Å². The standard InChI is InChI=1S/C10H19N3O2/c1-8-6-11-7-9(8)12-10(14)13-2-4-15-5-3-13/h8-9,11H,2-7H2,1H3,(H,12,14). The fraction of sp³-hybridized carbons (Fsp3) is 0.900. The van der Waals surface area contributed by atoms with Crippen LogP contribution in [-0.4, -0.2) is 56.4 Å². The summed E-state index contributed by atoms with van der Waals surface area (Å²) in [7, 11) is 0. The second kappa shape index (κ2) is 4.81. The van der Waals surface area contributed by atoms with Gasteiger partial charge in [0.25, 0.3) is 0 Å². The van der Waals surface area contributed by atoms with Gasteiger partial charge in [0.05, 0.1) is 13.2 Å². The first-order valence-electron chi connectivity index (χ1n) is 5.61. The number of hydrogen-bond donors (Lipinski definition) is 2. The van der Waals surface area contributed by atoms with Crippen molar-refractivity contribution in [1.29, 1.82) is 0 Å². The van der Waals surface area contributed by atoms with Crippen LogP contribution in [0.3, 0.4) is 0 Å². The molecule has 2 fully saturated rings. The lowest BCUT2D eigenvalue weighted by atomic mass is 10.1. The summed E-state index contributed by atoms with van der Waals surface area (Å²) < 4.78 is 5.21. The van der Waals surface area contributed by atoms with Crippen molar-refractivity contribution in [2.75, 3.05) is 39.4 Å². The maximum atomic E-state index is 11.8. The van der Waals surface area contributed by atoms with Crippen molar-refractivity contribution >= 4 is 6.03 Å². The molecule has 0 aliphatic carbocycles. The van der Waals surface area contributed by atoms with E-state index in [2.05, 4.69) is 17.6 Å². The van der Waals surface area contributed by atoms with Crippen LogP contribution in [0.2, 0.25) is 0 Å². The van der Waals surface area contributed by atoms with E-state index >= 15 is 0 Å². The van der Waals surface area contributed by atoms with Crippen molar-refractivity contribution in [3.63, 3.8) is 0 Å². The van der Waals surface area contributed by atoms with Gasteiger partial charge in [-0.1, -0.05) is 6.92 Å². The van der Waals surface area contributed by atoms with Crippen molar-refractivity contribution < 1.29 is 9.53 Å². The van der Waals surface area contributed by atoms with Gasteiger partial charge in [-0.3, -0.25) is 0 Å². The Kier molecular flexibility index (Phi) is 3.43. The number of urea groups is 1. The Morgan fingerprint density at radius 2 is 2.13 bits per heavy atom. The van der Waals surface area contributed by atoms with Crippen LogP contribution in [0.25, 0.3) is 0 Å². The van der Waals surface area contributed by atoms with Crippen LogP contribution in [0.4, 0.5) is 4.79 Å². The molecule has 0 spiro atoms. The SMILES string of the molecule is CC1CNCC1NC(=O)N1CCOCC1. The molecule has 0 bridgehead atoms. The molecule has 15 heavy (non-hydrogen) atoms. The molecule has 86 valence electrons. The minimum Gasteiger partial charge on any atom is -0.378 e. The van der Waals surface area contributed by atoms with Crippen molar-refractivity contribution in [2.24, 2.45) is 5.92 Å². The summed E-state index contributed by atoms with van der Waals surface area (Å²) in [4.78, 5) is 13.7. The highest BCUT2D eigenvalue weighted by Crippen LogP contribution is 2.08. The Morgan fingerprint density at radius 1 is 1.40 bits per heavy atom. The molecule has 2 unspecified atom stereocenters. The molecule has 0 aromatic rings. The number of rotatable bonds is 1. The van der Waals surface area contributed by atoms with Crippen LogP contribution in [0.15, 0.2) is 0 Å². The quantitative estimate of drug-likeness (QED) is 0.625. The number of ether oxygens (including phenoxy) is 1. The third kappa shape index (κ3) is 2.60. The van der Waals surface area contributed by atoms with Crippen LogP contribution in [0, 0.1) is 5.92 Å². The van der Waals surface area contributed by atoms with Crippen LogP contribution in [-0.2, 0) is 4.74 Å². The van der Waals surface area contributed by atoms with E-state index < -0.39 is 0 Å². The van der Waals surface area contributed by atoms with Crippen LogP contribution in [0.5, 0.6) is 0 Å². The van der Waals surface area contributed by atoms with Gasteiger partial charge < -0.3 is 20.3 Å². The average Bonchev–Trinajstić information content (AvgIpc) is 2.66. The Bertz CT molecular complexity index is 229. The minimum atomic E-state index is 0.0545. The Balaban J connectivity index is 1.80. The van der Waals surface area contributed by atoms with Gasteiger partial charge in [0.1, 0.15) is 0 Å². The van der Waals surface area contributed by atoms with E-state index in [4.69, 9.17) is 4.74 Å². The number of amides is 2. The first kappa shape index (κ1) is 10.7. The van der Waals surface area contributed by atoms with E-state index in [1.54, 1.807) is 0 Å². The molecule has 0 aromatic heterocycles. The van der Waals surface area contributed by atoms with E-state index in [1.165, 1.54) is 0 Å². The Morgan fingerprint density at radius 3 is 2.73 bits per heavy atom. The zero-order valence-corrected chi connectivity index (χ0v) is 9.16. The van der Waals surface area contributed by atoms with E-state index in [9.17, 15) is 4.79 Å². The second-order valence-electron chi connectivity index (χ2n) is 4.29. The molecule has 2 N–H and O–H groups in total. The lowest BCUT2D eigenvalue weighted by molar-refractivity contribution is 0.0523. The van der Waals surface area contributed by atoms with Gasteiger partial charge in [-0.2, -0.15) is 0 Å². The lowest BCUT2D eigenvalue weighted by Crippen LogP contribution is -2.50. The molecule has 2 amide bonds. The molecule has 2 aliphatic rings. The third-order valence-corrected chi connectivity index (χ3v) is 3.12. The highest BCUT2D eigenvalue weighted by atomic mass is 16.5. The van der Waals surface area contributed by atoms with Gasteiger partial charge in [-0.05, 0) is 12.5 Å². The maximum absolute atomic E-state index is 11.8. The number of morpholine rings is 1. The molecule has 0 aromatic carbocycles. The molecular weight excluding hydrogens is 194 g/mol. The normalized spacial score (nSPS) is 31.7. The minimum absolute atomic E-state index is 0.0545. The molecule has 2 atom stereocenters. The largest absolute Gasteiger partial charge is 0.378 e. The number of carbonyl (C=O) groups excluding carboxylic acids is 1. The monoisotopic (exact) mass is 213 g/mol. The van der Waals surface area contributed by atoms with Crippen molar-refractivity contribution in [1.82, 2.24) is 15.5 Å². The van der Waals surface area contributed by atoms with Crippen LogP contribution < -0.4 is 10.6 Å². The zero-order chi connectivity index (χ0) is 10.7. The summed E-state index contributed by atoms with van der Waals surface area (Å²) >= 11 is 0. The number of nitrogens with zero attached hydrogens (tertiary/aromatic N) is 1. The molecule has 2 saturated heterocycles. The topological polar surface area (TPSA) is 53.6 Å². The van der Waals surface area contributed by atoms with Crippen LogP contribution >= 0.6 is 0 Å². The first-order chi connectivity index (χ1) is 7.27. The second-order valence-corrected chi connectivity index (χ2v) is 4.29.